The molecule has 0 spiro atoms. The second-order valence-corrected chi connectivity index (χ2v) is 19.3. The summed E-state index contributed by atoms with van der Waals surface area (Å²) in [6.45, 7) is 4.84. The van der Waals surface area contributed by atoms with Crippen LogP contribution in [0.3, 0.4) is 0 Å². The van der Waals surface area contributed by atoms with Gasteiger partial charge in [0.1, 0.15) is 22.7 Å². The van der Waals surface area contributed by atoms with Crippen molar-refractivity contribution in [1.82, 2.24) is 4.57 Å². The van der Waals surface area contributed by atoms with Gasteiger partial charge in [-0.25, -0.2) is 0 Å². The average molecular weight is 949 g/mol. The molecule has 0 fully saturated rings. The van der Waals surface area contributed by atoms with Gasteiger partial charge >= 0.3 is 0 Å². The summed E-state index contributed by atoms with van der Waals surface area (Å²) >= 11 is 0. The van der Waals surface area contributed by atoms with Crippen molar-refractivity contribution >= 4 is 49.8 Å². The van der Waals surface area contributed by atoms with Gasteiger partial charge in [-0.3, -0.25) is 0 Å². The van der Waals surface area contributed by atoms with E-state index in [9.17, 15) is 0 Å². The highest BCUT2D eigenvalue weighted by Crippen LogP contribution is 2.59. The summed E-state index contributed by atoms with van der Waals surface area (Å²) in [7, 11) is 0. The van der Waals surface area contributed by atoms with Gasteiger partial charge in [-0.2, -0.15) is 0 Å². The first-order valence-corrected chi connectivity index (χ1v) is 25.3. The zero-order valence-corrected chi connectivity index (χ0v) is 40.5. The van der Waals surface area contributed by atoms with E-state index < -0.39 is 5.41 Å². The number of ether oxygens (including phenoxy) is 1. The summed E-state index contributed by atoms with van der Waals surface area (Å²) in [5.41, 5.74) is 18.3. The topological polar surface area (TPSA) is 30.5 Å². The van der Waals surface area contributed by atoms with Crippen LogP contribution in [0.25, 0.3) is 66.4 Å². The van der Waals surface area contributed by atoms with E-state index >= 15 is 0 Å². The van der Waals surface area contributed by atoms with Crippen LogP contribution in [0.15, 0.2) is 295 Å². The number of para-hydroxylation sites is 3. The number of allylic oxidation sites excluding steroid dienone is 4. The van der Waals surface area contributed by atoms with Crippen molar-refractivity contribution in [3.8, 4) is 33.7 Å². The van der Waals surface area contributed by atoms with Crippen molar-refractivity contribution in [2.24, 2.45) is 0 Å². The van der Waals surface area contributed by atoms with Gasteiger partial charge in [-0.15, -0.1) is 0 Å². The first kappa shape index (κ1) is 43.2. The van der Waals surface area contributed by atoms with Crippen molar-refractivity contribution in [2.45, 2.75) is 11.8 Å². The third-order valence-corrected chi connectivity index (χ3v) is 15.2. The molecule has 1 aliphatic carbocycles. The van der Waals surface area contributed by atoms with Crippen LogP contribution >= 0.6 is 0 Å². The predicted octanol–water partition coefficient (Wildman–Crippen LogP) is 17.8. The molecule has 3 heterocycles. The van der Waals surface area contributed by atoms with E-state index in [2.05, 4.69) is 264 Å². The third-order valence-electron chi connectivity index (χ3n) is 15.2. The highest BCUT2D eigenvalue weighted by Gasteiger charge is 2.50. The molecule has 0 saturated carbocycles. The molecule has 350 valence electrons. The average Bonchev–Trinajstić information content (AvgIpc) is 4.27. The number of anilines is 2. The molecule has 14 rings (SSSR count). The molecule has 2 aliphatic rings. The lowest BCUT2D eigenvalue weighted by Crippen LogP contribution is -2.30. The van der Waals surface area contributed by atoms with Crippen LogP contribution in [0.5, 0.6) is 5.75 Å². The first-order valence-electron chi connectivity index (χ1n) is 25.3. The molecular formula is C70H48N2O2. The lowest BCUT2D eigenvalue weighted by Gasteiger charge is -2.36. The van der Waals surface area contributed by atoms with Gasteiger partial charge in [0.15, 0.2) is 0 Å². The lowest BCUT2D eigenvalue weighted by atomic mass is 9.66. The predicted molar refractivity (Wildman–Crippen MR) is 304 cm³/mol. The second-order valence-electron chi connectivity index (χ2n) is 19.3. The van der Waals surface area contributed by atoms with E-state index in [0.29, 0.717) is 12.2 Å². The van der Waals surface area contributed by atoms with Gasteiger partial charge in [0.2, 0.25) is 0 Å². The van der Waals surface area contributed by atoms with Crippen LogP contribution in [0.1, 0.15) is 27.8 Å². The maximum absolute atomic E-state index is 7.15. The second kappa shape index (κ2) is 17.6. The van der Waals surface area contributed by atoms with Crippen LogP contribution in [0, 0.1) is 0 Å². The van der Waals surface area contributed by atoms with Crippen LogP contribution in [-0.2, 0) is 11.8 Å². The van der Waals surface area contributed by atoms with Crippen LogP contribution < -0.4 is 9.64 Å². The first-order chi connectivity index (χ1) is 36.6. The molecule has 0 amide bonds. The molecule has 0 saturated heterocycles. The van der Waals surface area contributed by atoms with Gasteiger partial charge in [0.25, 0.3) is 0 Å². The van der Waals surface area contributed by atoms with E-state index in [-0.39, 0.29) is 0 Å². The quantitative estimate of drug-likeness (QED) is 0.152. The van der Waals surface area contributed by atoms with E-state index in [1.807, 2.05) is 12.1 Å². The Bertz CT molecular complexity index is 4130. The fourth-order valence-corrected chi connectivity index (χ4v) is 11.8. The van der Waals surface area contributed by atoms with Crippen LogP contribution in [0.4, 0.5) is 11.4 Å². The van der Waals surface area contributed by atoms with Crippen molar-refractivity contribution in [3.05, 3.63) is 318 Å². The number of fused-ring (bicyclic) bond motifs is 8. The van der Waals surface area contributed by atoms with E-state index in [4.69, 9.17) is 15.7 Å². The molecule has 12 aromatic rings. The van der Waals surface area contributed by atoms with Gasteiger partial charge in [-0.1, -0.05) is 195 Å². The number of nitrogens with zero attached hydrogens (tertiary/aromatic N) is 2. The van der Waals surface area contributed by atoms with Crippen LogP contribution in [-0.4, -0.2) is 4.57 Å². The molecule has 0 unspecified atom stereocenters. The zero-order valence-electron chi connectivity index (χ0n) is 40.5. The van der Waals surface area contributed by atoms with Gasteiger partial charge in [0, 0.05) is 68.2 Å². The third kappa shape index (κ3) is 6.98. The summed E-state index contributed by atoms with van der Waals surface area (Å²) in [5.74, 6) is 1.32. The summed E-state index contributed by atoms with van der Waals surface area (Å²) in [6, 6.07) is 91.3. The molecule has 1 aliphatic heterocycles. The number of rotatable bonds is 8. The number of furan rings is 1. The Morgan fingerprint density at radius 3 is 1.78 bits per heavy atom. The molecule has 4 nitrogen and oxygen atoms in total. The number of aromatic nitrogens is 1. The Labute approximate surface area is 430 Å². The van der Waals surface area contributed by atoms with Gasteiger partial charge in [0.05, 0.1) is 10.9 Å². The van der Waals surface area contributed by atoms with Crippen molar-refractivity contribution in [2.75, 3.05) is 4.90 Å². The Balaban J connectivity index is 1.02. The minimum Gasteiger partial charge on any atom is -0.457 e. The molecular weight excluding hydrogens is 901 g/mol. The number of benzene rings is 10. The Morgan fingerprint density at radius 1 is 0.500 bits per heavy atom. The number of hydrogen-bond donors (Lipinski definition) is 0. The lowest BCUT2D eigenvalue weighted by molar-refractivity contribution is 0.447. The molecule has 4 heteroatoms. The standard InChI is InChI=1S/C70H48N2O2/c1-47-67-63(70(54-21-8-3-9-22-54,55-23-10-4-11-24-55)62-40-39-61-60-27-15-17-29-66(60)74-69(61)68(62)67)46-59(45-53-20-14-16-28-65(53)73-47)72(57-35-30-49(31-36-57)48-18-6-2-7-19-48)58-37-32-50(33-38-58)51-34-41-64-52(44-51)42-43-71(64)56-25-12-5-13-26-56/h2-44,46H,1,45H2/b59-46+. The van der Waals surface area contributed by atoms with Crippen molar-refractivity contribution in [1.29, 1.82) is 0 Å². The Hall–Kier alpha value is -9.64. The van der Waals surface area contributed by atoms with Crippen molar-refractivity contribution in [3.63, 3.8) is 0 Å². The SMILES string of the molecule is C=C1Oc2ccccc2C/C(N(c2ccc(-c3ccccc3)cc2)c2ccc(-c3ccc4c(ccn4-c4ccccc4)c3)cc2)=C\C2=C1c1c(ccc3c1oc1ccccc13)C2(c1ccccc1)c1ccccc1. The molecule has 0 bridgehead atoms. The molecule has 10 aromatic carbocycles. The Morgan fingerprint density at radius 2 is 1.08 bits per heavy atom. The van der Waals surface area contributed by atoms with Crippen molar-refractivity contribution < 1.29 is 9.15 Å². The zero-order chi connectivity index (χ0) is 49.2. The van der Waals surface area contributed by atoms with E-state index in [0.717, 1.165) is 106 Å². The molecule has 0 atom stereocenters. The Kier molecular flexibility index (Phi) is 10.3. The molecule has 74 heavy (non-hydrogen) atoms. The largest absolute Gasteiger partial charge is 0.457 e. The fraction of sp³-hybridized carbons (Fsp3) is 0.0286. The van der Waals surface area contributed by atoms with E-state index in [1.54, 1.807) is 0 Å². The summed E-state index contributed by atoms with van der Waals surface area (Å²) in [6.07, 6.45) is 5.16. The fourth-order valence-electron chi connectivity index (χ4n) is 11.8. The summed E-state index contributed by atoms with van der Waals surface area (Å²) in [5, 5.41) is 3.31. The summed E-state index contributed by atoms with van der Waals surface area (Å²) < 4.78 is 16.4. The maximum atomic E-state index is 7.15. The smallest absolute Gasteiger partial charge is 0.143 e. The summed E-state index contributed by atoms with van der Waals surface area (Å²) in [4.78, 5) is 2.44. The highest BCUT2D eigenvalue weighted by atomic mass is 16.5. The molecule has 2 aromatic heterocycles. The van der Waals surface area contributed by atoms with Gasteiger partial charge < -0.3 is 18.6 Å². The van der Waals surface area contributed by atoms with Gasteiger partial charge in [-0.05, 0) is 117 Å². The highest BCUT2D eigenvalue weighted by molar-refractivity contribution is 6.12. The maximum Gasteiger partial charge on any atom is 0.143 e. The number of hydrogen-bond acceptors (Lipinski definition) is 3. The minimum atomic E-state index is -0.820. The normalized spacial score (nSPS) is 14.6. The molecule has 0 radical (unpaired) electrons. The van der Waals surface area contributed by atoms with E-state index in [1.165, 1.54) is 16.5 Å². The van der Waals surface area contributed by atoms with Crippen LogP contribution in [0.2, 0.25) is 0 Å². The monoisotopic (exact) mass is 948 g/mol. The minimum absolute atomic E-state index is 0.549. The molecule has 0 N–H and O–H groups in total.